The first-order valence-electron chi connectivity index (χ1n) is 5.84. The van der Waals surface area contributed by atoms with Crippen LogP contribution in [0.4, 0.5) is 0 Å². The van der Waals surface area contributed by atoms with E-state index in [-0.39, 0.29) is 6.42 Å². The van der Waals surface area contributed by atoms with Gasteiger partial charge in [0.2, 0.25) is 0 Å². The highest BCUT2D eigenvalue weighted by Crippen LogP contribution is 2.33. The molecule has 0 saturated heterocycles. The predicted molar refractivity (Wildman–Crippen MR) is 73.9 cm³/mol. The van der Waals surface area contributed by atoms with Crippen molar-refractivity contribution >= 4 is 28.5 Å². The third-order valence-electron chi connectivity index (χ3n) is 2.95. The molecular weight excluding hydrogens is 268 g/mol. The number of benzene rings is 1. The number of fused-ring (bicyclic) bond motifs is 1. The molecule has 0 spiro atoms. The van der Waals surface area contributed by atoms with Gasteiger partial charge in [-0.2, -0.15) is 0 Å². The van der Waals surface area contributed by atoms with Gasteiger partial charge in [0.25, 0.3) is 0 Å². The van der Waals surface area contributed by atoms with Gasteiger partial charge in [0, 0.05) is 24.7 Å². The number of methoxy groups -OCH3 is 1. The molecule has 0 saturated carbocycles. The van der Waals surface area contributed by atoms with Crippen molar-refractivity contribution in [2.75, 3.05) is 13.7 Å². The molecule has 1 aromatic heterocycles. The monoisotopic (exact) mass is 282 g/mol. The summed E-state index contributed by atoms with van der Waals surface area (Å²) in [5.74, 6) is -0.341. The lowest BCUT2D eigenvalue weighted by molar-refractivity contribution is -0.136. The normalized spacial score (nSPS) is 10.9. The van der Waals surface area contributed by atoms with Crippen molar-refractivity contribution in [1.29, 1.82) is 0 Å². The van der Waals surface area contributed by atoms with Crippen molar-refractivity contribution in [3.8, 4) is 5.75 Å². The fourth-order valence-electron chi connectivity index (χ4n) is 2.15. The molecular formula is C13H15ClN2O3. The van der Waals surface area contributed by atoms with E-state index < -0.39 is 5.97 Å². The Morgan fingerprint density at radius 2 is 2.26 bits per heavy atom. The van der Waals surface area contributed by atoms with Crippen LogP contribution in [0, 0.1) is 0 Å². The molecule has 102 valence electrons. The Balaban J connectivity index is 2.64. The lowest BCUT2D eigenvalue weighted by Crippen LogP contribution is -2.08. The largest absolute Gasteiger partial charge is 0.495 e. The molecule has 0 fully saturated rings. The van der Waals surface area contributed by atoms with Gasteiger partial charge in [0.15, 0.2) is 0 Å². The number of hydrogen-bond acceptors (Lipinski definition) is 3. The standard InChI is InChI=1S/C13H15ClN2O3/c1-19-12-5-9-8(4-13(17)18)7-16(3-2-15)11(9)6-10(12)14/h5-7H,2-4,15H2,1H3,(H,17,18). The number of carbonyl (C=O) groups is 1. The van der Waals surface area contributed by atoms with Crippen LogP contribution < -0.4 is 10.5 Å². The summed E-state index contributed by atoms with van der Waals surface area (Å²) in [7, 11) is 1.53. The smallest absolute Gasteiger partial charge is 0.307 e. The Hall–Kier alpha value is -1.72. The second kappa shape index (κ2) is 5.50. The number of hydrogen-bond donors (Lipinski definition) is 2. The molecule has 0 atom stereocenters. The molecule has 0 aliphatic heterocycles. The Kier molecular flexibility index (Phi) is 3.97. The molecule has 2 rings (SSSR count). The fraction of sp³-hybridized carbons (Fsp3) is 0.308. The average Bonchev–Trinajstić information content (AvgIpc) is 2.66. The first kappa shape index (κ1) is 13.7. The van der Waals surface area contributed by atoms with Crippen molar-refractivity contribution in [3.63, 3.8) is 0 Å². The van der Waals surface area contributed by atoms with Crippen LogP contribution in [-0.2, 0) is 17.8 Å². The fourth-order valence-corrected chi connectivity index (χ4v) is 2.38. The first-order chi connectivity index (χ1) is 9.06. The van der Waals surface area contributed by atoms with Crippen LogP contribution in [-0.4, -0.2) is 29.3 Å². The van der Waals surface area contributed by atoms with E-state index in [9.17, 15) is 4.79 Å². The molecule has 3 N–H and O–H groups in total. The van der Waals surface area contributed by atoms with Crippen molar-refractivity contribution in [1.82, 2.24) is 4.57 Å². The van der Waals surface area contributed by atoms with E-state index in [1.807, 2.05) is 4.57 Å². The highest BCUT2D eigenvalue weighted by molar-refractivity contribution is 6.32. The van der Waals surface area contributed by atoms with E-state index in [0.717, 1.165) is 16.5 Å². The topological polar surface area (TPSA) is 77.5 Å². The molecule has 0 bridgehead atoms. The predicted octanol–water partition coefficient (Wildman–Crippen LogP) is 1.89. The zero-order chi connectivity index (χ0) is 14.0. The number of carboxylic acids is 1. The second-order valence-electron chi connectivity index (χ2n) is 4.21. The number of rotatable bonds is 5. The third kappa shape index (κ3) is 2.67. The average molecular weight is 283 g/mol. The van der Waals surface area contributed by atoms with Gasteiger partial charge in [-0.3, -0.25) is 4.79 Å². The van der Waals surface area contributed by atoms with Gasteiger partial charge < -0.3 is 20.1 Å². The molecule has 6 heteroatoms. The summed E-state index contributed by atoms with van der Waals surface area (Å²) in [6, 6.07) is 3.54. The van der Waals surface area contributed by atoms with Crippen molar-refractivity contribution in [3.05, 3.63) is 28.9 Å². The van der Waals surface area contributed by atoms with E-state index in [1.54, 1.807) is 18.3 Å². The summed E-state index contributed by atoms with van der Waals surface area (Å²) >= 11 is 6.10. The van der Waals surface area contributed by atoms with Gasteiger partial charge in [0.05, 0.1) is 24.1 Å². The summed E-state index contributed by atoms with van der Waals surface area (Å²) in [5, 5.41) is 10.3. The minimum absolute atomic E-state index is 0.0428. The molecule has 0 aliphatic carbocycles. The Labute approximate surface area is 115 Å². The van der Waals surface area contributed by atoms with Gasteiger partial charge in [-0.05, 0) is 17.7 Å². The third-order valence-corrected chi connectivity index (χ3v) is 3.24. The van der Waals surface area contributed by atoms with Crippen molar-refractivity contribution < 1.29 is 14.6 Å². The summed E-state index contributed by atoms with van der Waals surface area (Å²) < 4.78 is 7.08. The van der Waals surface area contributed by atoms with Gasteiger partial charge in [-0.25, -0.2) is 0 Å². The first-order valence-corrected chi connectivity index (χ1v) is 6.21. The number of halogens is 1. The maximum atomic E-state index is 10.9. The van der Waals surface area contributed by atoms with Crippen LogP contribution in [0.1, 0.15) is 5.56 Å². The summed E-state index contributed by atoms with van der Waals surface area (Å²) in [4.78, 5) is 10.9. The molecule has 2 aromatic rings. The van der Waals surface area contributed by atoms with Crippen molar-refractivity contribution in [2.45, 2.75) is 13.0 Å². The molecule has 0 amide bonds. The van der Waals surface area contributed by atoms with Gasteiger partial charge in [-0.15, -0.1) is 0 Å². The van der Waals surface area contributed by atoms with E-state index in [0.29, 0.717) is 23.9 Å². The second-order valence-corrected chi connectivity index (χ2v) is 4.62. The minimum atomic E-state index is -0.874. The summed E-state index contributed by atoms with van der Waals surface area (Å²) in [6.45, 7) is 1.08. The number of nitrogens with two attached hydrogens (primary N) is 1. The molecule has 19 heavy (non-hydrogen) atoms. The van der Waals surface area contributed by atoms with Crippen LogP contribution in [0.15, 0.2) is 18.3 Å². The number of carboxylic acid groups (broad SMARTS) is 1. The minimum Gasteiger partial charge on any atom is -0.495 e. The number of aliphatic carboxylic acids is 1. The zero-order valence-electron chi connectivity index (χ0n) is 10.5. The van der Waals surface area contributed by atoms with E-state index in [1.165, 1.54) is 7.11 Å². The number of ether oxygens (including phenoxy) is 1. The van der Waals surface area contributed by atoms with E-state index in [4.69, 9.17) is 27.2 Å². The number of aromatic nitrogens is 1. The van der Waals surface area contributed by atoms with Crippen LogP contribution in [0.25, 0.3) is 10.9 Å². The molecule has 0 aliphatic rings. The molecule has 5 nitrogen and oxygen atoms in total. The Bertz CT molecular complexity index is 622. The zero-order valence-corrected chi connectivity index (χ0v) is 11.3. The maximum absolute atomic E-state index is 10.9. The van der Waals surface area contributed by atoms with Crippen LogP contribution in [0.2, 0.25) is 5.02 Å². The van der Waals surface area contributed by atoms with Crippen molar-refractivity contribution in [2.24, 2.45) is 5.73 Å². The Morgan fingerprint density at radius 1 is 1.53 bits per heavy atom. The SMILES string of the molecule is COc1cc2c(CC(=O)O)cn(CCN)c2cc1Cl. The molecule has 0 unspecified atom stereocenters. The van der Waals surface area contributed by atoms with Crippen LogP contribution >= 0.6 is 11.6 Å². The van der Waals surface area contributed by atoms with Gasteiger partial charge in [0.1, 0.15) is 5.75 Å². The van der Waals surface area contributed by atoms with Crippen LogP contribution in [0.5, 0.6) is 5.75 Å². The lowest BCUT2D eigenvalue weighted by atomic mass is 10.1. The molecule has 1 aromatic carbocycles. The lowest BCUT2D eigenvalue weighted by Gasteiger charge is -2.06. The number of nitrogens with zero attached hydrogens (tertiary/aromatic N) is 1. The highest BCUT2D eigenvalue weighted by Gasteiger charge is 2.14. The molecule has 1 heterocycles. The van der Waals surface area contributed by atoms with E-state index >= 15 is 0 Å². The van der Waals surface area contributed by atoms with Gasteiger partial charge in [-0.1, -0.05) is 11.6 Å². The summed E-state index contributed by atoms with van der Waals surface area (Å²) in [5.41, 5.74) is 7.16. The quantitative estimate of drug-likeness (QED) is 0.878. The summed E-state index contributed by atoms with van der Waals surface area (Å²) in [6.07, 6.45) is 1.76. The Morgan fingerprint density at radius 3 is 2.84 bits per heavy atom. The maximum Gasteiger partial charge on any atom is 0.307 e. The highest BCUT2D eigenvalue weighted by atomic mass is 35.5. The van der Waals surface area contributed by atoms with E-state index in [2.05, 4.69) is 0 Å². The van der Waals surface area contributed by atoms with Crippen LogP contribution in [0.3, 0.4) is 0 Å². The van der Waals surface area contributed by atoms with Gasteiger partial charge >= 0.3 is 5.97 Å². The molecule has 0 radical (unpaired) electrons.